The predicted octanol–water partition coefficient (Wildman–Crippen LogP) is 1.40. The molecule has 0 aliphatic carbocycles. The molecule has 0 aromatic heterocycles. The molecule has 1 unspecified atom stereocenters. The van der Waals surface area contributed by atoms with Crippen LogP contribution in [-0.4, -0.2) is 47.4 Å². The summed E-state index contributed by atoms with van der Waals surface area (Å²) in [5.41, 5.74) is 0.0833. The Morgan fingerprint density at radius 1 is 1.27 bits per heavy atom. The lowest BCUT2D eigenvalue weighted by Crippen LogP contribution is -2.40. The van der Waals surface area contributed by atoms with Crippen molar-refractivity contribution in [2.45, 2.75) is 57.3 Å². The normalized spacial score (nSPS) is 33.4. The molecule has 15 heavy (non-hydrogen) atoms. The summed E-state index contributed by atoms with van der Waals surface area (Å²) in [7, 11) is 0. The van der Waals surface area contributed by atoms with E-state index in [1.165, 1.54) is 12.8 Å². The third-order valence-electron chi connectivity index (χ3n) is 3.57. The van der Waals surface area contributed by atoms with Crippen LogP contribution in [-0.2, 0) is 4.74 Å². The molecular formula is C12H23NO2. The number of aliphatic hydroxyl groups excluding tert-OH is 1. The molecule has 3 heteroatoms. The summed E-state index contributed by atoms with van der Waals surface area (Å²) in [6.07, 6.45) is 4.56. The summed E-state index contributed by atoms with van der Waals surface area (Å²) in [5.74, 6) is 0. The van der Waals surface area contributed by atoms with Crippen LogP contribution in [0, 0.1) is 0 Å². The average molecular weight is 213 g/mol. The minimum atomic E-state index is -0.0674. The van der Waals surface area contributed by atoms with Crippen LogP contribution >= 0.6 is 0 Å². The summed E-state index contributed by atoms with van der Waals surface area (Å²) in [5, 5.41) is 9.41. The molecule has 1 atom stereocenters. The van der Waals surface area contributed by atoms with Gasteiger partial charge in [-0.1, -0.05) is 0 Å². The Morgan fingerprint density at radius 2 is 1.93 bits per heavy atom. The number of piperidine rings is 1. The fourth-order valence-corrected chi connectivity index (χ4v) is 2.60. The molecule has 2 aliphatic rings. The molecule has 2 rings (SSSR count). The minimum Gasteiger partial charge on any atom is -0.393 e. The van der Waals surface area contributed by atoms with Crippen LogP contribution in [0.1, 0.15) is 39.5 Å². The van der Waals surface area contributed by atoms with E-state index < -0.39 is 0 Å². The van der Waals surface area contributed by atoms with Crippen LogP contribution in [0.3, 0.4) is 0 Å². The minimum absolute atomic E-state index is 0.0674. The van der Waals surface area contributed by atoms with Crippen LogP contribution < -0.4 is 0 Å². The SMILES string of the molecule is CC1(C)CCC(CN2CCC(O)CC2)O1. The molecule has 0 spiro atoms. The van der Waals surface area contributed by atoms with Crippen molar-refractivity contribution >= 4 is 0 Å². The zero-order valence-corrected chi connectivity index (χ0v) is 9.91. The highest BCUT2D eigenvalue weighted by Crippen LogP contribution is 2.30. The number of ether oxygens (including phenoxy) is 1. The van der Waals surface area contributed by atoms with Gasteiger partial charge in [0.05, 0.1) is 17.8 Å². The van der Waals surface area contributed by atoms with Crippen molar-refractivity contribution in [3.05, 3.63) is 0 Å². The Morgan fingerprint density at radius 3 is 2.47 bits per heavy atom. The lowest BCUT2D eigenvalue weighted by molar-refractivity contribution is -0.0353. The monoisotopic (exact) mass is 213 g/mol. The first-order chi connectivity index (χ1) is 7.05. The van der Waals surface area contributed by atoms with Crippen molar-refractivity contribution in [3.8, 4) is 0 Å². The van der Waals surface area contributed by atoms with Gasteiger partial charge in [-0.2, -0.15) is 0 Å². The molecule has 2 saturated heterocycles. The maximum atomic E-state index is 9.41. The van der Waals surface area contributed by atoms with Crippen molar-refractivity contribution in [2.75, 3.05) is 19.6 Å². The second kappa shape index (κ2) is 4.40. The van der Waals surface area contributed by atoms with Crippen molar-refractivity contribution in [2.24, 2.45) is 0 Å². The van der Waals surface area contributed by atoms with Crippen molar-refractivity contribution in [3.63, 3.8) is 0 Å². The Balaban J connectivity index is 1.74. The summed E-state index contributed by atoms with van der Waals surface area (Å²) in [6.45, 7) is 7.46. The maximum Gasteiger partial charge on any atom is 0.0710 e. The smallest absolute Gasteiger partial charge is 0.0710 e. The fourth-order valence-electron chi connectivity index (χ4n) is 2.60. The molecular weight excluding hydrogens is 190 g/mol. The van der Waals surface area contributed by atoms with Gasteiger partial charge in [-0.15, -0.1) is 0 Å². The third-order valence-corrected chi connectivity index (χ3v) is 3.57. The van der Waals surface area contributed by atoms with Gasteiger partial charge in [-0.05, 0) is 39.5 Å². The Labute approximate surface area is 92.4 Å². The first kappa shape index (κ1) is 11.4. The summed E-state index contributed by atoms with van der Waals surface area (Å²) >= 11 is 0. The van der Waals surface area contributed by atoms with E-state index in [-0.39, 0.29) is 11.7 Å². The van der Waals surface area contributed by atoms with Crippen molar-refractivity contribution < 1.29 is 9.84 Å². The van der Waals surface area contributed by atoms with E-state index in [4.69, 9.17) is 4.74 Å². The number of rotatable bonds is 2. The molecule has 0 saturated carbocycles. The second-order valence-corrected chi connectivity index (χ2v) is 5.57. The van der Waals surface area contributed by atoms with Crippen molar-refractivity contribution in [1.82, 2.24) is 4.90 Å². The molecule has 0 radical (unpaired) electrons. The van der Waals surface area contributed by atoms with E-state index in [0.29, 0.717) is 6.10 Å². The van der Waals surface area contributed by atoms with Crippen LogP contribution in [0.15, 0.2) is 0 Å². The topological polar surface area (TPSA) is 32.7 Å². The van der Waals surface area contributed by atoms with Gasteiger partial charge in [-0.3, -0.25) is 0 Å². The lowest BCUT2D eigenvalue weighted by atomic mass is 10.0. The van der Waals surface area contributed by atoms with Crippen LogP contribution in [0.5, 0.6) is 0 Å². The average Bonchev–Trinajstić information content (AvgIpc) is 2.50. The number of hydrogen-bond acceptors (Lipinski definition) is 3. The summed E-state index contributed by atoms with van der Waals surface area (Å²) in [4.78, 5) is 2.43. The highest BCUT2D eigenvalue weighted by molar-refractivity contribution is 4.83. The van der Waals surface area contributed by atoms with Gasteiger partial charge in [0.15, 0.2) is 0 Å². The Kier molecular flexibility index (Phi) is 3.33. The molecule has 0 amide bonds. The van der Waals surface area contributed by atoms with Gasteiger partial charge < -0.3 is 14.7 Å². The third kappa shape index (κ3) is 3.16. The zero-order valence-electron chi connectivity index (χ0n) is 9.91. The number of hydrogen-bond donors (Lipinski definition) is 1. The van der Waals surface area contributed by atoms with E-state index in [0.717, 1.165) is 32.5 Å². The molecule has 2 heterocycles. The standard InChI is InChI=1S/C12H23NO2/c1-12(2)6-3-11(15-12)9-13-7-4-10(14)5-8-13/h10-11,14H,3-9H2,1-2H3. The van der Waals surface area contributed by atoms with E-state index >= 15 is 0 Å². The van der Waals surface area contributed by atoms with Gasteiger partial charge in [0.2, 0.25) is 0 Å². The van der Waals surface area contributed by atoms with Crippen LogP contribution in [0.4, 0.5) is 0 Å². The van der Waals surface area contributed by atoms with Gasteiger partial charge in [0, 0.05) is 19.6 Å². The molecule has 88 valence electrons. The van der Waals surface area contributed by atoms with Gasteiger partial charge >= 0.3 is 0 Å². The summed E-state index contributed by atoms with van der Waals surface area (Å²) < 4.78 is 5.97. The Bertz CT molecular complexity index is 210. The molecule has 0 aromatic rings. The highest BCUT2D eigenvalue weighted by Gasteiger charge is 2.33. The number of nitrogens with zero attached hydrogens (tertiary/aromatic N) is 1. The molecule has 2 fully saturated rings. The molecule has 0 aromatic carbocycles. The van der Waals surface area contributed by atoms with Gasteiger partial charge in [-0.25, -0.2) is 0 Å². The molecule has 1 N–H and O–H groups in total. The highest BCUT2D eigenvalue weighted by atomic mass is 16.5. The van der Waals surface area contributed by atoms with E-state index in [9.17, 15) is 5.11 Å². The van der Waals surface area contributed by atoms with E-state index in [1.807, 2.05) is 0 Å². The number of aliphatic hydroxyl groups is 1. The van der Waals surface area contributed by atoms with Crippen LogP contribution in [0.25, 0.3) is 0 Å². The lowest BCUT2D eigenvalue weighted by Gasteiger charge is -2.31. The second-order valence-electron chi connectivity index (χ2n) is 5.57. The van der Waals surface area contributed by atoms with Gasteiger partial charge in [0.1, 0.15) is 0 Å². The molecule has 3 nitrogen and oxygen atoms in total. The first-order valence-electron chi connectivity index (χ1n) is 6.13. The van der Waals surface area contributed by atoms with Crippen LogP contribution in [0.2, 0.25) is 0 Å². The fraction of sp³-hybridized carbons (Fsp3) is 1.00. The van der Waals surface area contributed by atoms with Crippen molar-refractivity contribution in [1.29, 1.82) is 0 Å². The molecule has 0 bridgehead atoms. The largest absolute Gasteiger partial charge is 0.393 e. The Hall–Kier alpha value is -0.120. The predicted molar refractivity (Wildman–Crippen MR) is 59.9 cm³/mol. The quantitative estimate of drug-likeness (QED) is 0.752. The first-order valence-corrected chi connectivity index (χ1v) is 6.13. The van der Waals surface area contributed by atoms with E-state index in [1.54, 1.807) is 0 Å². The molecule has 2 aliphatic heterocycles. The van der Waals surface area contributed by atoms with Gasteiger partial charge in [0.25, 0.3) is 0 Å². The van der Waals surface area contributed by atoms with E-state index in [2.05, 4.69) is 18.7 Å². The summed E-state index contributed by atoms with van der Waals surface area (Å²) in [6, 6.07) is 0. The number of likely N-dealkylation sites (tertiary alicyclic amines) is 1. The maximum absolute atomic E-state index is 9.41. The zero-order chi connectivity index (χ0) is 10.9.